The zero-order valence-corrected chi connectivity index (χ0v) is 39.1. The highest BCUT2D eigenvalue weighted by molar-refractivity contribution is 6.33. The molecule has 1 aliphatic rings. The molecular formula is C63H48N6. The zero-order chi connectivity index (χ0) is 46.2. The Bertz CT molecular complexity index is 4230. The molecule has 9 aromatic carbocycles. The van der Waals surface area contributed by atoms with E-state index >= 15 is 0 Å². The van der Waals surface area contributed by atoms with Gasteiger partial charge in [0.05, 0.1) is 33.1 Å². The molecule has 0 fully saturated rings. The Morgan fingerprint density at radius 2 is 0.855 bits per heavy atom. The third-order valence-corrected chi connectivity index (χ3v) is 15.3. The first-order chi connectivity index (χ1) is 33.7. The highest BCUT2D eigenvalue weighted by Gasteiger charge is 2.38. The van der Waals surface area contributed by atoms with Crippen LogP contribution in [0.1, 0.15) is 51.7 Å². The van der Waals surface area contributed by atoms with Crippen LogP contribution in [0.15, 0.2) is 194 Å². The minimum Gasteiger partial charge on any atom is -0.309 e. The van der Waals surface area contributed by atoms with Gasteiger partial charge in [-0.05, 0) is 112 Å². The van der Waals surface area contributed by atoms with Crippen molar-refractivity contribution in [2.24, 2.45) is 0 Å². The Morgan fingerprint density at radius 1 is 0.348 bits per heavy atom. The number of aromatic nitrogens is 6. The van der Waals surface area contributed by atoms with Crippen molar-refractivity contribution < 1.29 is 0 Å². The SMILES string of the molecule is CC1(C)CCC(C)(C)c2cc3c(cc21)c1c2c4c5ccccc5ccc4n(-c4nc(-c5ccccc5)nc(-c5ccc6c7ccccc7n(-c7ccccc7)c6c5)n4)c2ccc1n3-c1ccccc1. The van der Waals surface area contributed by atoms with Gasteiger partial charge in [-0.25, -0.2) is 4.98 Å². The van der Waals surface area contributed by atoms with E-state index in [0.29, 0.717) is 17.6 Å². The van der Waals surface area contributed by atoms with Gasteiger partial charge in [-0.1, -0.05) is 155 Å². The van der Waals surface area contributed by atoms with E-state index in [4.69, 9.17) is 15.0 Å². The van der Waals surface area contributed by atoms with Crippen molar-refractivity contribution in [1.29, 1.82) is 0 Å². The van der Waals surface area contributed by atoms with Crippen molar-refractivity contribution in [2.75, 3.05) is 0 Å². The highest BCUT2D eigenvalue weighted by atomic mass is 15.2. The summed E-state index contributed by atoms with van der Waals surface area (Å²) in [6, 6.07) is 70.1. The molecule has 0 amide bonds. The first kappa shape index (κ1) is 39.8. The van der Waals surface area contributed by atoms with Gasteiger partial charge in [-0.15, -0.1) is 0 Å². The molecule has 0 unspecified atom stereocenters. The first-order valence-electron chi connectivity index (χ1n) is 24.2. The summed E-state index contributed by atoms with van der Waals surface area (Å²) in [5.74, 6) is 1.80. The lowest BCUT2D eigenvalue weighted by atomic mass is 9.63. The highest BCUT2D eigenvalue weighted by Crippen LogP contribution is 2.51. The van der Waals surface area contributed by atoms with Gasteiger partial charge in [0.2, 0.25) is 5.95 Å². The van der Waals surface area contributed by atoms with Crippen LogP contribution in [0.2, 0.25) is 0 Å². The average molecular weight is 889 g/mol. The molecule has 0 spiro atoms. The van der Waals surface area contributed by atoms with E-state index in [-0.39, 0.29) is 10.8 Å². The Kier molecular flexibility index (Phi) is 8.40. The lowest BCUT2D eigenvalue weighted by molar-refractivity contribution is 0.332. The van der Waals surface area contributed by atoms with Crippen molar-refractivity contribution in [2.45, 2.75) is 51.4 Å². The molecule has 0 saturated carbocycles. The topological polar surface area (TPSA) is 53.5 Å². The second kappa shape index (κ2) is 14.6. The number of nitrogens with zero attached hydrogens (tertiary/aromatic N) is 6. The second-order valence-corrected chi connectivity index (χ2v) is 20.3. The van der Waals surface area contributed by atoms with Crippen LogP contribution < -0.4 is 0 Å². The predicted molar refractivity (Wildman–Crippen MR) is 287 cm³/mol. The molecule has 0 radical (unpaired) electrons. The fourth-order valence-corrected chi connectivity index (χ4v) is 11.8. The number of hydrogen-bond donors (Lipinski definition) is 0. The van der Waals surface area contributed by atoms with Gasteiger partial charge < -0.3 is 9.13 Å². The lowest BCUT2D eigenvalue weighted by Crippen LogP contribution is -2.33. The first-order valence-corrected chi connectivity index (χ1v) is 24.2. The number of rotatable bonds is 5. The van der Waals surface area contributed by atoms with Crippen molar-refractivity contribution >= 4 is 76.2 Å². The van der Waals surface area contributed by atoms with Gasteiger partial charge in [-0.2, -0.15) is 9.97 Å². The maximum atomic E-state index is 5.53. The van der Waals surface area contributed by atoms with E-state index in [9.17, 15) is 0 Å². The van der Waals surface area contributed by atoms with E-state index in [1.54, 1.807) is 0 Å². The number of fused-ring (bicyclic) bond motifs is 13. The molecule has 14 rings (SSSR count). The number of benzene rings is 9. The largest absolute Gasteiger partial charge is 0.309 e. The molecule has 1 aliphatic carbocycles. The van der Waals surface area contributed by atoms with Gasteiger partial charge in [0.25, 0.3) is 0 Å². The van der Waals surface area contributed by atoms with Crippen molar-refractivity contribution in [3.63, 3.8) is 0 Å². The smallest absolute Gasteiger partial charge is 0.238 e. The molecule has 6 nitrogen and oxygen atoms in total. The fraction of sp³-hybridized carbons (Fsp3) is 0.127. The van der Waals surface area contributed by atoms with Crippen LogP contribution >= 0.6 is 0 Å². The third kappa shape index (κ3) is 5.88. The maximum absolute atomic E-state index is 5.53. The monoisotopic (exact) mass is 888 g/mol. The predicted octanol–water partition coefficient (Wildman–Crippen LogP) is 16.0. The molecule has 0 bridgehead atoms. The van der Waals surface area contributed by atoms with Crippen LogP contribution in [0, 0.1) is 0 Å². The van der Waals surface area contributed by atoms with Crippen LogP contribution in [0.4, 0.5) is 0 Å². The Labute approximate surface area is 399 Å². The molecule has 0 N–H and O–H groups in total. The summed E-state index contributed by atoms with van der Waals surface area (Å²) in [4.78, 5) is 16.3. The van der Waals surface area contributed by atoms with E-state index in [1.165, 1.54) is 65.3 Å². The van der Waals surface area contributed by atoms with Crippen molar-refractivity contribution in [1.82, 2.24) is 28.7 Å². The quantitative estimate of drug-likeness (QED) is 0.173. The van der Waals surface area contributed by atoms with E-state index in [2.05, 4.69) is 229 Å². The summed E-state index contributed by atoms with van der Waals surface area (Å²) in [6.07, 6.45) is 2.29. The van der Waals surface area contributed by atoms with Crippen molar-refractivity contribution in [3.05, 3.63) is 205 Å². The van der Waals surface area contributed by atoms with Crippen LogP contribution in [-0.2, 0) is 10.8 Å². The molecule has 0 atom stereocenters. The van der Waals surface area contributed by atoms with Gasteiger partial charge in [0, 0.05) is 54.8 Å². The third-order valence-electron chi connectivity index (χ3n) is 15.3. The van der Waals surface area contributed by atoms with E-state index in [0.717, 1.165) is 57.4 Å². The average Bonchev–Trinajstić information content (AvgIpc) is 4.03. The van der Waals surface area contributed by atoms with Crippen LogP contribution in [-0.4, -0.2) is 28.7 Å². The summed E-state index contributed by atoms with van der Waals surface area (Å²) in [6.45, 7) is 9.71. The molecule has 4 aromatic heterocycles. The summed E-state index contributed by atoms with van der Waals surface area (Å²) < 4.78 is 7.14. The van der Waals surface area contributed by atoms with Gasteiger partial charge in [0.1, 0.15) is 0 Å². The van der Waals surface area contributed by atoms with Crippen molar-refractivity contribution in [3.8, 4) is 40.1 Å². The van der Waals surface area contributed by atoms with Crippen LogP contribution in [0.25, 0.3) is 116 Å². The fourth-order valence-electron chi connectivity index (χ4n) is 11.8. The van der Waals surface area contributed by atoms with Gasteiger partial charge in [0.15, 0.2) is 11.6 Å². The minimum absolute atomic E-state index is 0.0302. The molecule has 6 heteroatoms. The normalized spacial score (nSPS) is 14.5. The molecule has 4 heterocycles. The van der Waals surface area contributed by atoms with E-state index in [1.807, 2.05) is 6.07 Å². The molecule has 0 saturated heterocycles. The lowest BCUT2D eigenvalue weighted by Gasteiger charge is -2.42. The van der Waals surface area contributed by atoms with Crippen LogP contribution in [0.3, 0.4) is 0 Å². The molecule has 13 aromatic rings. The molecule has 69 heavy (non-hydrogen) atoms. The Balaban J connectivity index is 1.11. The molecule has 0 aliphatic heterocycles. The minimum atomic E-state index is 0.0302. The van der Waals surface area contributed by atoms with E-state index < -0.39 is 0 Å². The summed E-state index contributed by atoms with van der Waals surface area (Å²) in [5, 5.41) is 9.66. The Hall–Kier alpha value is -8.35. The van der Waals surface area contributed by atoms with Gasteiger partial charge in [-0.3, -0.25) is 4.57 Å². The zero-order valence-electron chi connectivity index (χ0n) is 39.1. The molecular weight excluding hydrogens is 841 g/mol. The number of para-hydroxylation sites is 3. The Morgan fingerprint density at radius 3 is 1.57 bits per heavy atom. The standard InChI is InChI=1S/C63H48N6/c1-62(2)34-35-63(3,4)49-38-55-47(37-48(49)62)57-51(68(55)43-23-12-7-13-24-43)32-33-53-58(57)56-44-25-15-14-18-39(44)29-31-52(56)69(53)61-65-59(40-19-8-5-9-20-40)64-60(66-61)41-28-30-46-45-26-16-17-27-50(45)67(54(46)36-41)42-21-10-6-11-22-42/h5-33,36-38H,34-35H2,1-4H3. The summed E-state index contributed by atoms with van der Waals surface area (Å²) >= 11 is 0. The van der Waals surface area contributed by atoms with Gasteiger partial charge >= 0.3 is 0 Å². The summed E-state index contributed by atoms with van der Waals surface area (Å²) in [7, 11) is 0. The van der Waals surface area contributed by atoms with Crippen LogP contribution in [0.5, 0.6) is 0 Å². The molecule has 330 valence electrons. The summed E-state index contributed by atoms with van der Waals surface area (Å²) in [5.41, 5.74) is 13.8. The maximum Gasteiger partial charge on any atom is 0.238 e. The second-order valence-electron chi connectivity index (χ2n) is 20.3. The number of hydrogen-bond acceptors (Lipinski definition) is 3.